The number of rotatable bonds is 3. The molecule has 4 nitrogen and oxygen atoms in total. The van der Waals surface area contributed by atoms with Gasteiger partial charge in [-0.25, -0.2) is 4.99 Å². The van der Waals surface area contributed by atoms with Gasteiger partial charge in [-0.1, -0.05) is 54.1 Å². The van der Waals surface area contributed by atoms with E-state index in [1.807, 2.05) is 42.5 Å². The van der Waals surface area contributed by atoms with Crippen LogP contribution in [-0.2, 0) is 4.79 Å². The van der Waals surface area contributed by atoms with Gasteiger partial charge in [-0.05, 0) is 29.5 Å². The van der Waals surface area contributed by atoms with Crippen molar-refractivity contribution in [1.29, 1.82) is 0 Å². The first-order valence-electron chi connectivity index (χ1n) is 7.22. The molecular weight excluding hydrogens is 342 g/mol. The van der Waals surface area contributed by atoms with Crippen LogP contribution in [0.2, 0.25) is 5.02 Å². The quantitative estimate of drug-likeness (QED) is 0.760. The van der Waals surface area contributed by atoms with Crippen molar-refractivity contribution < 1.29 is 4.79 Å². The van der Waals surface area contributed by atoms with Gasteiger partial charge in [-0.15, -0.1) is 0 Å². The number of carbonyl (C=O) groups is 1. The fraction of sp³-hybridized carbons (Fsp3) is 0.0556. The van der Waals surface area contributed by atoms with E-state index in [4.69, 9.17) is 11.6 Å². The molecule has 1 aromatic heterocycles. The number of amides is 1. The lowest BCUT2D eigenvalue weighted by atomic mass is 10.2. The number of aliphatic imine (C=N–C) groups is 1. The maximum Gasteiger partial charge on any atom is 0.266 e. The average molecular weight is 356 g/mol. The van der Waals surface area contributed by atoms with Crippen LogP contribution in [0.25, 0.3) is 6.08 Å². The van der Waals surface area contributed by atoms with Gasteiger partial charge >= 0.3 is 0 Å². The number of nitrogens with zero attached hydrogens (tertiary/aromatic N) is 3. The number of allylic oxidation sites excluding steroid dienone is 2. The molecule has 1 amide bonds. The van der Waals surface area contributed by atoms with Crippen LogP contribution in [0.4, 0.5) is 5.69 Å². The van der Waals surface area contributed by atoms with E-state index in [1.165, 1.54) is 22.9 Å². The molecule has 0 radical (unpaired) electrons. The van der Waals surface area contributed by atoms with Crippen molar-refractivity contribution in [1.82, 2.24) is 9.88 Å². The average Bonchev–Trinajstić information content (AvgIpc) is 2.86. The number of hydrogen-bond acceptors (Lipinski definition) is 4. The predicted molar refractivity (Wildman–Crippen MR) is 100 cm³/mol. The van der Waals surface area contributed by atoms with Crippen molar-refractivity contribution in [3.05, 3.63) is 76.4 Å². The second kappa shape index (κ2) is 7.47. The van der Waals surface area contributed by atoms with Crippen LogP contribution in [0, 0.1) is 0 Å². The SMILES string of the molecule is CN1C(=O)/C(=C/C=C/c2ccccc2)SC1=Nc1ccncc1Cl. The lowest BCUT2D eigenvalue weighted by molar-refractivity contribution is -0.121. The van der Waals surface area contributed by atoms with Gasteiger partial charge in [0.15, 0.2) is 5.17 Å². The van der Waals surface area contributed by atoms with Crippen molar-refractivity contribution in [2.24, 2.45) is 4.99 Å². The molecule has 0 aliphatic carbocycles. The number of pyridine rings is 1. The summed E-state index contributed by atoms with van der Waals surface area (Å²) >= 11 is 7.39. The lowest BCUT2D eigenvalue weighted by Crippen LogP contribution is -2.23. The topological polar surface area (TPSA) is 45.6 Å². The Labute approximate surface area is 149 Å². The highest BCUT2D eigenvalue weighted by Gasteiger charge is 2.30. The molecule has 0 bridgehead atoms. The van der Waals surface area contributed by atoms with Crippen molar-refractivity contribution in [3.8, 4) is 0 Å². The third-order valence-electron chi connectivity index (χ3n) is 3.31. The molecule has 1 aliphatic rings. The molecule has 1 saturated heterocycles. The Morgan fingerprint density at radius 3 is 2.79 bits per heavy atom. The second-order valence-electron chi connectivity index (χ2n) is 4.99. The molecule has 1 aromatic carbocycles. The molecule has 6 heteroatoms. The van der Waals surface area contributed by atoms with E-state index < -0.39 is 0 Å². The Hall–Kier alpha value is -2.37. The molecule has 0 N–H and O–H groups in total. The van der Waals surface area contributed by atoms with Gasteiger partial charge in [0.25, 0.3) is 5.91 Å². The Bertz CT molecular complexity index is 846. The van der Waals surface area contributed by atoms with Crippen molar-refractivity contribution in [2.45, 2.75) is 0 Å². The van der Waals surface area contributed by atoms with E-state index in [9.17, 15) is 4.79 Å². The highest BCUT2D eigenvalue weighted by atomic mass is 35.5. The first kappa shape index (κ1) is 16.5. The van der Waals surface area contributed by atoms with Gasteiger partial charge in [-0.3, -0.25) is 14.7 Å². The summed E-state index contributed by atoms with van der Waals surface area (Å²) in [6.07, 6.45) is 8.77. The molecule has 1 fully saturated rings. The molecule has 2 heterocycles. The smallest absolute Gasteiger partial charge is 0.266 e. The summed E-state index contributed by atoms with van der Waals surface area (Å²) in [5, 5.41) is 1.04. The molecule has 120 valence electrons. The van der Waals surface area contributed by atoms with Crippen LogP contribution < -0.4 is 0 Å². The number of thioether (sulfide) groups is 1. The van der Waals surface area contributed by atoms with Crippen molar-refractivity contribution in [2.75, 3.05) is 7.05 Å². The van der Waals surface area contributed by atoms with Gasteiger partial charge in [0.1, 0.15) is 0 Å². The van der Waals surface area contributed by atoms with Crippen LogP contribution >= 0.6 is 23.4 Å². The van der Waals surface area contributed by atoms with Gasteiger partial charge in [0.05, 0.1) is 15.6 Å². The number of likely N-dealkylation sites (N-methyl/N-ethyl adjacent to an activating group) is 1. The first-order valence-corrected chi connectivity index (χ1v) is 8.42. The summed E-state index contributed by atoms with van der Waals surface area (Å²) in [6, 6.07) is 11.6. The highest BCUT2D eigenvalue weighted by Crippen LogP contribution is 2.33. The van der Waals surface area contributed by atoms with Gasteiger partial charge in [0.2, 0.25) is 0 Å². The molecule has 0 spiro atoms. The minimum Gasteiger partial charge on any atom is -0.290 e. The zero-order chi connectivity index (χ0) is 16.9. The second-order valence-corrected chi connectivity index (χ2v) is 6.40. The molecule has 1 aliphatic heterocycles. The predicted octanol–water partition coefficient (Wildman–Crippen LogP) is 4.53. The molecule has 3 rings (SSSR count). The molecule has 2 aromatic rings. The molecule has 0 atom stereocenters. The summed E-state index contributed by atoms with van der Waals surface area (Å²) in [5.41, 5.74) is 1.67. The fourth-order valence-electron chi connectivity index (χ4n) is 2.04. The summed E-state index contributed by atoms with van der Waals surface area (Å²) in [5.74, 6) is -0.0818. The summed E-state index contributed by atoms with van der Waals surface area (Å²) in [7, 11) is 1.70. The number of hydrogen-bond donors (Lipinski definition) is 0. The Morgan fingerprint density at radius 2 is 2.04 bits per heavy atom. The lowest BCUT2D eigenvalue weighted by Gasteiger charge is -2.07. The van der Waals surface area contributed by atoms with Gasteiger partial charge in [-0.2, -0.15) is 0 Å². The summed E-state index contributed by atoms with van der Waals surface area (Å²) in [4.78, 5) is 22.8. The van der Waals surface area contributed by atoms with E-state index in [1.54, 1.807) is 25.4 Å². The third-order valence-corrected chi connectivity index (χ3v) is 4.68. The standard InChI is InChI=1S/C18H14ClN3OS/c1-22-17(23)16(9-5-8-13-6-3-2-4-7-13)24-18(22)21-15-10-11-20-12-14(15)19/h2-12H,1H3/b8-5+,16-9-,21-18?. The largest absolute Gasteiger partial charge is 0.290 e. The van der Waals surface area contributed by atoms with Crippen LogP contribution in [0.5, 0.6) is 0 Å². The van der Waals surface area contributed by atoms with Crippen LogP contribution in [0.1, 0.15) is 5.56 Å². The van der Waals surface area contributed by atoms with E-state index in [0.717, 1.165) is 5.56 Å². The summed E-state index contributed by atoms with van der Waals surface area (Å²) in [6.45, 7) is 0. The van der Waals surface area contributed by atoms with Crippen LogP contribution in [0.3, 0.4) is 0 Å². The molecular formula is C18H14ClN3OS. The Kier molecular flexibility index (Phi) is 5.13. The number of aromatic nitrogens is 1. The maximum atomic E-state index is 12.3. The zero-order valence-corrected chi connectivity index (χ0v) is 14.5. The minimum atomic E-state index is -0.0818. The molecule has 24 heavy (non-hydrogen) atoms. The van der Waals surface area contributed by atoms with E-state index >= 15 is 0 Å². The maximum absolute atomic E-state index is 12.3. The Morgan fingerprint density at radius 1 is 1.25 bits per heavy atom. The monoisotopic (exact) mass is 355 g/mol. The Balaban J connectivity index is 1.80. The normalized spacial score (nSPS) is 18.2. The zero-order valence-electron chi connectivity index (χ0n) is 12.9. The van der Waals surface area contributed by atoms with Gasteiger partial charge in [0, 0.05) is 19.4 Å². The highest BCUT2D eigenvalue weighted by molar-refractivity contribution is 8.18. The minimum absolute atomic E-state index is 0.0818. The van der Waals surface area contributed by atoms with Crippen LogP contribution in [0.15, 0.2) is 70.8 Å². The van der Waals surface area contributed by atoms with E-state index in [0.29, 0.717) is 20.8 Å². The van der Waals surface area contributed by atoms with Crippen molar-refractivity contribution in [3.63, 3.8) is 0 Å². The molecule has 0 unspecified atom stereocenters. The number of amidine groups is 1. The number of carbonyl (C=O) groups excluding carboxylic acids is 1. The summed E-state index contributed by atoms with van der Waals surface area (Å²) < 4.78 is 0. The fourth-order valence-corrected chi connectivity index (χ4v) is 3.13. The van der Waals surface area contributed by atoms with Gasteiger partial charge < -0.3 is 0 Å². The first-order chi connectivity index (χ1) is 11.6. The number of halogens is 1. The van der Waals surface area contributed by atoms with Crippen LogP contribution in [-0.4, -0.2) is 28.0 Å². The van der Waals surface area contributed by atoms with E-state index in [-0.39, 0.29) is 5.91 Å². The third kappa shape index (κ3) is 3.75. The van der Waals surface area contributed by atoms with Crippen molar-refractivity contribution >= 4 is 46.2 Å². The molecule has 0 saturated carbocycles. The van der Waals surface area contributed by atoms with E-state index in [2.05, 4.69) is 9.98 Å². The number of benzene rings is 1.